The molecule has 2 rings (SSSR count). The summed E-state index contributed by atoms with van der Waals surface area (Å²) in [5, 5.41) is 8.12. The second-order valence-corrected chi connectivity index (χ2v) is 5.75. The first-order valence-electron chi connectivity index (χ1n) is 7.04. The standard InChI is InChI=1S/C17H17F2N3S/c18-16(19)10-14-8-4-5-9-15(14)11-21-22-17(20)23-12-13-6-2-1-3-7-13/h1-9,11,16H,10,12H2,(H2,20,22). The van der Waals surface area contributed by atoms with Crippen molar-refractivity contribution in [3.63, 3.8) is 0 Å². The van der Waals surface area contributed by atoms with Gasteiger partial charge in [-0.05, 0) is 16.7 Å². The maximum atomic E-state index is 12.5. The fourth-order valence-corrected chi connectivity index (χ4v) is 2.53. The molecular formula is C17H17F2N3S. The summed E-state index contributed by atoms with van der Waals surface area (Å²) in [5.41, 5.74) is 8.09. The van der Waals surface area contributed by atoms with Crippen LogP contribution in [0, 0.1) is 0 Å². The summed E-state index contributed by atoms with van der Waals surface area (Å²) < 4.78 is 25.0. The number of amidine groups is 1. The Morgan fingerprint density at radius 1 is 1.09 bits per heavy atom. The van der Waals surface area contributed by atoms with Crippen molar-refractivity contribution in [2.45, 2.75) is 18.6 Å². The van der Waals surface area contributed by atoms with E-state index in [0.717, 1.165) is 5.56 Å². The number of alkyl halides is 2. The Hall–Kier alpha value is -2.21. The van der Waals surface area contributed by atoms with Gasteiger partial charge in [0.25, 0.3) is 0 Å². The number of benzene rings is 2. The molecule has 2 aromatic carbocycles. The molecule has 0 spiro atoms. The van der Waals surface area contributed by atoms with Crippen LogP contribution in [0.15, 0.2) is 64.8 Å². The lowest BCUT2D eigenvalue weighted by Gasteiger charge is -2.03. The molecule has 0 bridgehead atoms. The molecule has 0 heterocycles. The normalized spacial score (nSPS) is 12.2. The lowest BCUT2D eigenvalue weighted by molar-refractivity contribution is 0.149. The summed E-state index contributed by atoms with van der Waals surface area (Å²) in [6.45, 7) is 0. The minimum Gasteiger partial charge on any atom is -0.377 e. The molecule has 0 aromatic heterocycles. The largest absolute Gasteiger partial charge is 0.377 e. The van der Waals surface area contributed by atoms with E-state index in [2.05, 4.69) is 10.2 Å². The van der Waals surface area contributed by atoms with Crippen LogP contribution < -0.4 is 5.73 Å². The molecule has 0 fully saturated rings. The number of nitrogens with two attached hydrogens (primary N) is 1. The third-order valence-electron chi connectivity index (χ3n) is 3.01. The van der Waals surface area contributed by atoms with Crippen LogP contribution in [0.1, 0.15) is 16.7 Å². The molecular weight excluding hydrogens is 316 g/mol. The van der Waals surface area contributed by atoms with E-state index >= 15 is 0 Å². The predicted octanol–water partition coefficient (Wildman–Crippen LogP) is 4.08. The third-order valence-corrected chi connectivity index (χ3v) is 3.87. The highest BCUT2D eigenvalue weighted by molar-refractivity contribution is 8.13. The van der Waals surface area contributed by atoms with E-state index in [0.29, 0.717) is 22.0 Å². The smallest absolute Gasteiger partial charge is 0.242 e. The van der Waals surface area contributed by atoms with Crippen LogP contribution >= 0.6 is 11.8 Å². The summed E-state index contributed by atoms with van der Waals surface area (Å²) in [6.07, 6.45) is -1.24. The molecule has 6 heteroatoms. The Bertz CT molecular complexity index is 673. The van der Waals surface area contributed by atoms with Gasteiger partial charge in [0, 0.05) is 12.2 Å². The fourth-order valence-electron chi connectivity index (χ4n) is 1.92. The SMILES string of the molecule is NC(=NN=Cc1ccccc1CC(F)F)SCc1ccccc1. The van der Waals surface area contributed by atoms with Gasteiger partial charge in [-0.3, -0.25) is 0 Å². The zero-order valence-electron chi connectivity index (χ0n) is 12.4. The van der Waals surface area contributed by atoms with Gasteiger partial charge in [-0.2, -0.15) is 5.10 Å². The van der Waals surface area contributed by atoms with Gasteiger partial charge in [0.1, 0.15) is 0 Å². The van der Waals surface area contributed by atoms with E-state index < -0.39 is 6.43 Å². The first-order chi connectivity index (χ1) is 11.1. The van der Waals surface area contributed by atoms with Gasteiger partial charge in [0.15, 0.2) is 5.17 Å². The minimum absolute atomic E-state index is 0.301. The highest BCUT2D eigenvalue weighted by Gasteiger charge is 2.07. The van der Waals surface area contributed by atoms with E-state index in [1.807, 2.05) is 30.3 Å². The van der Waals surface area contributed by atoms with Crippen LogP contribution in [0.3, 0.4) is 0 Å². The average molecular weight is 333 g/mol. The molecule has 0 saturated carbocycles. The van der Waals surface area contributed by atoms with Crippen LogP contribution in [0.25, 0.3) is 0 Å². The van der Waals surface area contributed by atoms with Gasteiger partial charge >= 0.3 is 0 Å². The Kier molecular flexibility index (Phi) is 6.75. The van der Waals surface area contributed by atoms with Crippen LogP contribution in [-0.4, -0.2) is 17.8 Å². The van der Waals surface area contributed by atoms with Crippen molar-refractivity contribution in [1.82, 2.24) is 0 Å². The first kappa shape index (κ1) is 17.1. The van der Waals surface area contributed by atoms with Crippen molar-refractivity contribution >= 4 is 23.1 Å². The van der Waals surface area contributed by atoms with Crippen molar-refractivity contribution in [1.29, 1.82) is 0 Å². The Labute approximate surface area is 138 Å². The third kappa shape index (κ3) is 6.20. The zero-order valence-corrected chi connectivity index (χ0v) is 13.2. The minimum atomic E-state index is -2.39. The quantitative estimate of drug-likeness (QED) is 0.492. The van der Waals surface area contributed by atoms with E-state index in [9.17, 15) is 8.78 Å². The maximum Gasteiger partial charge on any atom is 0.242 e. The van der Waals surface area contributed by atoms with Crippen LogP contribution in [0.4, 0.5) is 8.78 Å². The van der Waals surface area contributed by atoms with Crippen molar-refractivity contribution in [3.8, 4) is 0 Å². The molecule has 0 aliphatic heterocycles. The first-order valence-corrected chi connectivity index (χ1v) is 8.03. The highest BCUT2D eigenvalue weighted by Crippen LogP contribution is 2.13. The van der Waals surface area contributed by atoms with E-state index in [1.165, 1.54) is 18.0 Å². The van der Waals surface area contributed by atoms with Crippen molar-refractivity contribution < 1.29 is 8.78 Å². The molecule has 3 nitrogen and oxygen atoms in total. The van der Waals surface area contributed by atoms with Crippen LogP contribution in [0.5, 0.6) is 0 Å². The number of halogens is 2. The summed E-state index contributed by atoms with van der Waals surface area (Å²) >= 11 is 1.37. The van der Waals surface area contributed by atoms with Gasteiger partial charge in [0.2, 0.25) is 6.43 Å². The molecule has 0 aliphatic carbocycles. The highest BCUT2D eigenvalue weighted by atomic mass is 32.2. The Morgan fingerprint density at radius 2 is 1.78 bits per heavy atom. The van der Waals surface area contributed by atoms with Crippen LogP contribution in [0.2, 0.25) is 0 Å². The lowest BCUT2D eigenvalue weighted by Crippen LogP contribution is -2.06. The summed E-state index contributed by atoms with van der Waals surface area (Å²) in [7, 11) is 0. The van der Waals surface area contributed by atoms with Gasteiger partial charge in [-0.1, -0.05) is 66.4 Å². The number of rotatable bonds is 6. The van der Waals surface area contributed by atoms with Gasteiger partial charge in [0.05, 0.1) is 6.21 Å². The summed E-state index contributed by atoms with van der Waals surface area (Å²) in [4.78, 5) is 0. The fraction of sp³-hybridized carbons (Fsp3) is 0.176. The average Bonchev–Trinajstić information content (AvgIpc) is 2.55. The number of hydrogen-bond donors (Lipinski definition) is 1. The second kappa shape index (κ2) is 9.05. The maximum absolute atomic E-state index is 12.5. The van der Waals surface area contributed by atoms with Gasteiger partial charge in [-0.25, -0.2) is 8.78 Å². The van der Waals surface area contributed by atoms with Gasteiger partial charge in [-0.15, -0.1) is 5.10 Å². The molecule has 0 atom stereocenters. The van der Waals surface area contributed by atoms with E-state index in [-0.39, 0.29) is 6.42 Å². The molecule has 0 aliphatic rings. The van der Waals surface area contributed by atoms with Crippen molar-refractivity contribution in [3.05, 3.63) is 71.3 Å². The van der Waals surface area contributed by atoms with Gasteiger partial charge < -0.3 is 5.73 Å². The molecule has 23 heavy (non-hydrogen) atoms. The molecule has 0 radical (unpaired) electrons. The molecule has 0 amide bonds. The molecule has 120 valence electrons. The summed E-state index contributed by atoms with van der Waals surface area (Å²) in [6, 6.07) is 16.8. The van der Waals surface area contributed by atoms with Crippen LogP contribution in [-0.2, 0) is 12.2 Å². The number of thioether (sulfide) groups is 1. The van der Waals surface area contributed by atoms with E-state index in [4.69, 9.17) is 5.73 Å². The monoisotopic (exact) mass is 333 g/mol. The molecule has 0 saturated heterocycles. The predicted molar refractivity (Wildman–Crippen MR) is 93.1 cm³/mol. The lowest BCUT2D eigenvalue weighted by atomic mass is 10.1. The number of nitrogens with zero attached hydrogens (tertiary/aromatic N) is 2. The molecule has 2 aromatic rings. The van der Waals surface area contributed by atoms with Crippen molar-refractivity contribution in [2.24, 2.45) is 15.9 Å². The summed E-state index contributed by atoms with van der Waals surface area (Å²) in [5.74, 6) is 0.702. The molecule has 0 unspecified atom stereocenters. The Balaban J connectivity index is 1.94. The Morgan fingerprint density at radius 3 is 2.52 bits per heavy atom. The topological polar surface area (TPSA) is 50.7 Å². The van der Waals surface area contributed by atoms with Crippen molar-refractivity contribution in [2.75, 3.05) is 0 Å². The molecule has 2 N–H and O–H groups in total. The van der Waals surface area contributed by atoms with E-state index in [1.54, 1.807) is 24.3 Å². The second-order valence-electron chi connectivity index (χ2n) is 4.75. The number of hydrogen-bond acceptors (Lipinski definition) is 3. The zero-order chi connectivity index (χ0) is 16.5.